The third-order valence-corrected chi connectivity index (χ3v) is 5.60. The molecule has 2 aromatic heterocycles. The predicted octanol–water partition coefficient (Wildman–Crippen LogP) is 2.99. The Balaban J connectivity index is 1.33. The first-order chi connectivity index (χ1) is 17.0. The number of carbonyl (C=O) groups excluding carboxylic acids is 2. The van der Waals surface area contributed by atoms with Gasteiger partial charge in [0, 0.05) is 48.2 Å². The van der Waals surface area contributed by atoms with E-state index in [1.807, 2.05) is 36.8 Å². The number of hydrogen-bond acceptors (Lipinski definition) is 6. The topological polar surface area (TPSA) is 128 Å². The van der Waals surface area contributed by atoms with E-state index in [4.69, 9.17) is 10.3 Å². The monoisotopic (exact) mass is 472 g/mol. The molecule has 0 radical (unpaired) electrons. The number of rotatable bonds is 11. The Morgan fingerprint density at radius 3 is 2.69 bits per heavy atom. The van der Waals surface area contributed by atoms with E-state index in [1.165, 1.54) is 5.56 Å². The number of nitrogens with two attached hydrogens (primary N) is 1. The minimum absolute atomic E-state index is 0.382. The van der Waals surface area contributed by atoms with Gasteiger partial charge in [0.05, 0.1) is 6.33 Å². The molecular formula is C26H28N6O3. The van der Waals surface area contributed by atoms with Gasteiger partial charge in [-0.1, -0.05) is 41.6 Å². The Kier molecular flexibility index (Phi) is 7.69. The second-order valence-corrected chi connectivity index (χ2v) is 8.28. The standard InChI is InChI=1S/C26H28N6O3/c1-18(25(27)33)30-26(34)22-5-2-4-21(14-22)23-15-24(35-31-23)20-8-6-19(7-9-20)16-28-10-3-12-32-13-11-29-17-32/h2,4-9,11,13-15,17-18,28H,3,10,12,16H2,1H3,(H2,27,33)(H,30,34). The predicted molar refractivity (Wildman–Crippen MR) is 132 cm³/mol. The van der Waals surface area contributed by atoms with Crippen LogP contribution in [-0.2, 0) is 17.9 Å². The summed E-state index contributed by atoms with van der Waals surface area (Å²) < 4.78 is 7.62. The first-order valence-corrected chi connectivity index (χ1v) is 11.4. The maximum atomic E-state index is 12.4. The summed E-state index contributed by atoms with van der Waals surface area (Å²) in [5.74, 6) is -0.340. The average Bonchev–Trinajstić information content (AvgIpc) is 3.57. The van der Waals surface area contributed by atoms with Crippen molar-refractivity contribution in [2.45, 2.75) is 32.5 Å². The van der Waals surface area contributed by atoms with Crippen LogP contribution in [0.3, 0.4) is 0 Å². The fourth-order valence-corrected chi connectivity index (χ4v) is 3.54. The van der Waals surface area contributed by atoms with Gasteiger partial charge in [-0.3, -0.25) is 9.59 Å². The van der Waals surface area contributed by atoms with Gasteiger partial charge in [-0.25, -0.2) is 4.98 Å². The SMILES string of the molecule is CC(NC(=O)c1cccc(-c2cc(-c3ccc(CNCCCn4ccnc4)cc3)on2)c1)C(N)=O. The Labute approximate surface area is 203 Å². The van der Waals surface area contributed by atoms with Crippen molar-refractivity contribution in [1.29, 1.82) is 0 Å². The van der Waals surface area contributed by atoms with Gasteiger partial charge in [0.1, 0.15) is 11.7 Å². The van der Waals surface area contributed by atoms with Gasteiger partial charge in [-0.2, -0.15) is 0 Å². The quantitative estimate of drug-likeness (QED) is 0.288. The molecule has 9 nitrogen and oxygen atoms in total. The maximum absolute atomic E-state index is 12.4. The van der Waals surface area contributed by atoms with Gasteiger partial charge >= 0.3 is 0 Å². The second-order valence-electron chi connectivity index (χ2n) is 8.28. The van der Waals surface area contributed by atoms with Crippen LogP contribution in [0.25, 0.3) is 22.6 Å². The molecule has 4 aromatic rings. The molecule has 180 valence electrons. The van der Waals surface area contributed by atoms with Crippen molar-refractivity contribution in [3.05, 3.63) is 84.4 Å². The maximum Gasteiger partial charge on any atom is 0.251 e. The lowest BCUT2D eigenvalue weighted by Gasteiger charge is -2.10. The van der Waals surface area contributed by atoms with Gasteiger partial charge in [0.15, 0.2) is 5.76 Å². The first kappa shape index (κ1) is 23.9. The zero-order chi connectivity index (χ0) is 24.6. The highest BCUT2D eigenvalue weighted by molar-refractivity contribution is 5.98. The molecule has 0 spiro atoms. The number of carbonyl (C=O) groups is 2. The number of aromatic nitrogens is 3. The van der Waals surface area contributed by atoms with Gasteiger partial charge in [-0.05, 0) is 37.6 Å². The van der Waals surface area contributed by atoms with Crippen molar-refractivity contribution in [2.24, 2.45) is 5.73 Å². The molecule has 2 aromatic carbocycles. The minimum atomic E-state index is -0.759. The second kappa shape index (κ2) is 11.3. The zero-order valence-electron chi connectivity index (χ0n) is 19.5. The molecule has 1 atom stereocenters. The molecule has 9 heteroatoms. The van der Waals surface area contributed by atoms with Crippen molar-refractivity contribution in [1.82, 2.24) is 25.3 Å². The van der Waals surface area contributed by atoms with Crippen LogP contribution >= 0.6 is 0 Å². The van der Waals surface area contributed by atoms with E-state index in [1.54, 1.807) is 31.3 Å². The molecule has 0 aliphatic rings. The van der Waals surface area contributed by atoms with E-state index in [-0.39, 0.29) is 5.91 Å². The van der Waals surface area contributed by atoms with Gasteiger partial charge in [-0.15, -0.1) is 0 Å². The molecule has 0 bridgehead atoms. The van der Waals surface area contributed by atoms with E-state index in [0.29, 0.717) is 17.0 Å². The zero-order valence-corrected chi connectivity index (χ0v) is 19.5. The molecule has 0 aliphatic carbocycles. The van der Waals surface area contributed by atoms with Crippen molar-refractivity contribution in [3.63, 3.8) is 0 Å². The van der Waals surface area contributed by atoms with Crippen LogP contribution < -0.4 is 16.4 Å². The fourth-order valence-electron chi connectivity index (χ4n) is 3.54. The summed E-state index contributed by atoms with van der Waals surface area (Å²) in [6, 6.07) is 16.2. The lowest BCUT2D eigenvalue weighted by Crippen LogP contribution is -2.42. The van der Waals surface area contributed by atoms with Crippen LogP contribution in [0.15, 0.2) is 77.8 Å². The average molecular weight is 473 g/mol. The normalized spacial score (nSPS) is 11.8. The van der Waals surface area contributed by atoms with Crippen molar-refractivity contribution >= 4 is 11.8 Å². The Bertz CT molecular complexity index is 1260. The van der Waals surface area contributed by atoms with E-state index in [0.717, 1.165) is 37.2 Å². The van der Waals surface area contributed by atoms with Crippen LogP contribution in [0.2, 0.25) is 0 Å². The highest BCUT2D eigenvalue weighted by Gasteiger charge is 2.15. The minimum Gasteiger partial charge on any atom is -0.368 e. The van der Waals surface area contributed by atoms with Gasteiger partial charge in [0.2, 0.25) is 5.91 Å². The van der Waals surface area contributed by atoms with Crippen LogP contribution in [0.4, 0.5) is 0 Å². The highest BCUT2D eigenvalue weighted by Crippen LogP contribution is 2.27. The molecule has 0 saturated carbocycles. The largest absolute Gasteiger partial charge is 0.368 e. The number of amides is 2. The number of benzene rings is 2. The van der Waals surface area contributed by atoms with Gasteiger partial charge in [0.25, 0.3) is 5.91 Å². The smallest absolute Gasteiger partial charge is 0.251 e. The van der Waals surface area contributed by atoms with Crippen LogP contribution in [-0.4, -0.2) is 39.1 Å². The summed E-state index contributed by atoms with van der Waals surface area (Å²) in [6.07, 6.45) is 6.61. The molecule has 4 N–H and O–H groups in total. The Hall–Kier alpha value is -4.24. The number of imidazole rings is 1. The summed E-state index contributed by atoms with van der Waals surface area (Å²) in [5, 5.41) is 10.2. The van der Waals surface area contributed by atoms with Crippen LogP contribution in [0.5, 0.6) is 0 Å². The van der Waals surface area contributed by atoms with Crippen molar-refractivity contribution in [2.75, 3.05) is 6.54 Å². The number of nitrogens with zero attached hydrogens (tertiary/aromatic N) is 3. The summed E-state index contributed by atoms with van der Waals surface area (Å²) >= 11 is 0. The molecule has 0 fully saturated rings. The molecule has 4 rings (SSSR count). The third kappa shape index (κ3) is 6.42. The number of hydrogen-bond donors (Lipinski definition) is 3. The lowest BCUT2D eigenvalue weighted by atomic mass is 10.1. The van der Waals surface area contributed by atoms with Crippen LogP contribution in [0.1, 0.15) is 29.3 Å². The lowest BCUT2D eigenvalue weighted by molar-refractivity contribution is -0.119. The van der Waals surface area contributed by atoms with Gasteiger partial charge < -0.3 is 25.5 Å². The Morgan fingerprint density at radius 2 is 1.94 bits per heavy atom. The molecular weight excluding hydrogens is 444 g/mol. The number of nitrogens with one attached hydrogen (secondary N) is 2. The molecule has 0 aliphatic heterocycles. The Morgan fingerprint density at radius 1 is 1.11 bits per heavy atom. The van der Waals surface area contributed by atoms with Crippen molar-refractivity contribution < 1.29 is 14.1 Å². The molecule has 1 unspecified atom stereocenters. The van der Waals surface area contributed by atoms with E-state index < -0.39 is 11.9 Å². The van der Waals surface area contributed by atoms with Crippen LogP contribution in [0, 0.1) is 0 Å². The first-order valence-electron chi connectivity index (χ1n) is 11.4. The summed E-state index contributed by atoms with van der Waals surface area (Å²) in [7, 11) is 0. The summed E-state index contributed by atoms with van der Waals surface area (Å²) in [6.45, 7) is 4.19. The van der Waals surface area contributed by atoms with Crippen molar-refractivity contribution in [3.8, 4) is 22.6 Å². The molecule has 2 heterocycles. The summed E-state index contributed by atoms with van der Waals surface area (Å²) in [4.78, 5) is 27.7. The number of primary amides is 1. The van der Waals surface area contributed by atoms with E-state index in [2.05, 4.69) is 37.5 Å². The van der Waals surface area contributed by atoms with E-state index in [9.17, 15) is 9.59 Å². The van der Waals surface area contributed by atoms with E-state index >= 15 is 0 Å². The fraction of sp³-hybridized carbons (Fsp3) is 0.231. The molecule has 2 amide bonds. The highest BCUT2D eigenvalue weighted by atomic mass is 16.5. The number of aryl methyl sites for hydroxylation is 1. The molecule has 0 saturated heterocycles. The molecule has 35 heavy (non-hydrogen) atoms. The summed E-state index contributed by atoms with van der Waals surface area (Å²) in [5.41, 5.74) is 9.06. The third-order valence-electron chi connectivity index (χ3n) is 5.60.